The normalized spacial score (nSPS) is 10.6. The minimum Gasteiger partial charge on any atom is -0.294 e. The van der Waals surface area contributed by atoms with Crippen LogP contribution in [0.25, 0.3) is 10.1 Å². The summed E-state index contributed by atoms with van der Waals surface area (Å²) in [5, 5.41) is 3.30. The summed E-state index contributed by atoms with van der Waals surface area (Å²) in [5.41, 5.74) is 2.10. The fourth-order valence-corrected chi connectivity index (χ4v) is 2.58. The van der Waals surface area contributed by atoms with Crippen molar-refractivity contribution in [1.82, 2.24) is 0 Å². The smallest absolute Gasteiger partial charge is 0.161 e. The molecule has 0 saturated heterocycles. The van der Waals surface area contributed by atoms with E-state index in [-0.39, 0.29) is 5.78 Å². The van der Waals surface area contributed by atoms with Gasteiger partial charge in [-0.2, -0.15) is 0 Å². The van der Waals surface area contributed by atoms with Crippen molar-refractivity contribution < 1.29 is 4.79 Å². The summed E-state index contributed by atoms with van der Waals surface area (Å²) in [6.07, 6.45) is 0. The van der Waals surface area contributed by atoms with E-state index in [4.69, 9.17) is 0 Å². The summed E-state index contributed by atoms with van der Waals surface area (Å²) >= 11 is 1.65. The van der Waals surface area contributed by atoms with E-state index < -0.39 is 0 Å². The van der Waals surface area contributed by atoms with Gasteiger partial charge in [0.1, 0.15) is 0 Å². The lowest BCUT2D eigenvalue weighted by molar-refractivity contribution is 0.101. The second-order valence-corrected chi connectivity index (χ2v) is 4.04. The van der Waals surface area contributed by atoms with Gasteiger partial charge in [-0.05, 0) is 36.2 Å². The third-order valence-corrected chi connectivity index (χ3v) is 3.32. The Hall–Kier alpha value is -1.15. The third kappa shape index (κ3) is 1.27. The van der Waals surface area contributed by atoms with Crippen molar-refractivity contribution in [3.63, 3.8) is 0 Å². The van der Waals surface area contributed by atoms with Crippen LogP contribution in [0.3, 0.4) is 0 Å². The highest BCUT2D eigenvalue weighted by Gasteiger charge is 2.07. The van der Waals surface area contributed by atoms with Gasteiger partial charge in [0.15, 0.2) is 5.78 Å². The second kappa shape index (κ2) is 2.96. The second-order valence-electron chi connectivity index (χ2n) is 3.16. The number of carbonyl (C=O) groups excluding carboxylic acids is 1. The number of thiophene rings is 1. The first kappa shape index (κ1) is 8.45. The van der Waals surface area contributed by atoms with Crippen LogP contribution < -0.4 is 0 Å². The molecule has 1 heterocycles. The van der Waals surface area contributed by atoms with Crippen molar-refractivity contribution in [2.75, 3.05) is 0 Å². The van der Waals surface area contributed by atoms with Crippen LogP contribution in [0, 0.1) is 6.92 Å². The van der Waals surface area contributed by atoms with Gasteiger partial charge in [0, 0.05) is 10.3 Å². The molecule has 0 saturated carbocycles. The van der Waals surface area contributed by atoms with Gasteiger partial charge in [-0.25, -0.2) is 0 Å². The van der Waals surface area contributed by atoms with Gasteiger partial charge in [-0.15, -0.1) is 11.3 Å². The van der Waals surface area contributed by atoms with E-state index in [2.05, 4.69) is 18.4 Å². The van der Waals surface area contributed by atoms with E-state index in [1.807, 2.05) is 12.1 Å². The van der Waals surface area contributed by atoms with Crippen LogP contribution in [-0.4, -0.2) is 5.78 Å². The molecule has 0 atom stereocenters. The first-order valence-corrected chi connectivity index (χ1v) is 5.06. The average molecular weight is 190 g/mol. The monoisotopic (exact) mass is 190 g/mol. The van der Waals surface area contributed by atoms with E-state index in [0.29, 0.717) is 0 Å². The maximum atomic E-state index is 11.3. The number of carbonyl (C=O) groups is 1. The Bertz CT molecular complexity index is 468. The van der Waals surface area contributed by atoms with Crippen LogP contribution in [0.15, 0.2) is 23.6 Å². The fraction of sp³-hybridized carbons (Fsp3) is 0.182. The summed E-state index contributed by atoms with van der Waals surface area (Å²) in [6, 6.07) is 5.90. The third-order valence-electron chi connectivity index (χ3n) is 2.17. The quantitative estimate of drug-likeness (QED) is 0.630. The SMILES string of the molecule is CC(=O)c1cccc2c(C)csc12. The van der Waals surface area contributed by atoms with E-state index in [0.717, 1.165) is 10.3 Å². The zero-order valence-corrected chi connectivity index (χ0v) is 8.44. The molecule has 2 aromatic rings. The summed E-state index contributed by atoms with van der Waals surface area (Å²) in [7, 11) is 0. The highest BCUT2D eigenvalue weighted by Crippen LogP contribution is 2.28. The highest BCUT2D eigenvalue weighted by molar-refractivity contribution is 7.17. The molecule has 0 aliphatic heterocycles. The Morgan fingerprint density at radius 2 is 2.15 bits per heavy atom. The van der Waals surface area contributed by atoms with E-state index in [1.165, 1.54) is 10.9 Å². The molecule has 0 amide bonds. The van der Waals surface area contributed by atoms with Crippen molar-refractivity contribution >= 4 is 27.2 Å². The zero-order valence-electron chi connectivity index (χ0n) is 7.63. The number of rotatable bonds is 1. The van der Waals surface area contributed by atoms with Crippen LogP contribution in [-0.2, 0) is 0 Å². The summed E-state index contributed by atoms with van der Waals surface area (Å²) in [6.45, 7) is 3.69. The van der Waals surface area contributed by atoms with Crippen molar-refractivity contribution in [1.29, 1.82) is 0 Å². The first-order valence-electron chi connectivity index (χ1n) is 4.18. The molecular formula is C11H10OS. The predicted molar refractivity (Wildman–Crippen MR) is 56.6 cm³/mol. The molecule has 13 heavy (non-hydrogen) atoms. The van der Waals surface area contributed by atoms with Crippen LogP contribution in [0.1, 0.15) is 22.8 Å². The fourth-order valence-electron chi connectivity index (χ4n) is 1.46. The number of aryl methyl sites for hydroxylation is 1. The van der Waals surface area contributed by atoms with Gasteiger partial charge in [0.2, 0.25) is 0 Å². The van der Waals surface area contributed by atoms with Gasteiger partial charge in [0.05, 0.1) is 0 Å². The van der Waals surface area contributed by atoms with E-state index >= 15 is 0 Å². The Morgan fingerprint density at radius 1 is 1.38 bits per heavy atom. The van der Waals surface area contributed by atoms with Gasteiger partial charge in [-0.3, -0.25) is 4.79 Å². The molecule has 0 unspecified atom stereocenters. The number of Topliss-reactive ketones (excluding diaryl/α,β-unsaturated/α-hetero) is 1. The lowest BCUT2D eigenvalue weighted by Crippen LogP contribution is -1.90. The highest BCUT2D eigenvalue weighted by atomic mass is 32.1. The van der Waals surface area contributed by atoms with E-state index in [9.17, 15) is 4.79 Å². The largest absolute Gasteiger partial charge is 0.294 e. The predicted octanol–water partition coefficient (Wildman–Crippen LogP) is 3.41. The Morgan fingerprint density at radius 3 is 2.85 bits per heavy atom. The van der Waals surface area contributed by atoms with Gasteiger partial charge >= 0.3 is 0 Å². The molecule has 1 aromatic carbocycles. The molecule has 0 aliphatic rings. The van der Waals surface area contributed by atoms with Gasteiger partial charge < -0.3 is 0 Å². The molecule has 2 heteroatoms. The standard InChI is InChI=1S/C11H10OS/c1-7-6-13-11-9(7)4-3-5-10(11)8(2)12/h3-6H,1-2H3. The molecule has 0 fully saturated rings. The number of fused-ring (bicyclic) bond motifs is 1. The summed E-state index contributed by atoms with van der Waals surface area (Å²) in [5.74, 6) is 0.146. The topological polar surface area (TPSA) is 17.1 Å². The minimum absolute atomic E-state index is 0.146. The molecule has 66 valence electrons. The number of hydrogen-bond donors (Lipinski definition) is 0. The molecule has 0 spiro atoms. The van der Waals surface area contributed by atoms with Crippen molar-refractivity contribution in [3.05, 3.63) is 34.7 Å². The van der Waals surface area contributed by atoms with Gasteiger partial charge in [0.25, 0.3) is 0 Å². The van der Waals surface area contributed by atoms with Crippen molar-refractivity contribution in [2.45, 2.75) is 13.8 Å². The number of ketones is 1. The summed E-state index contributed by atoms with van der Waals surface area (Å²) < 4.78 is 1.12. The van der Waals surface area contributed by atoms with Crippen molar-refractivity contribution in [3.8, 4) is 0 Å². The van der Waals surface area contributed by atoms with Gasteiger partial charge in [-0.1, -0.05) is 12.1 Å². The molecule has 0 aliphatic carbocycles. The molecule has 2 rings (SSSR count). The molecular weight excluding hydrogens is 180 g/mol. The molecule has 0 radical (unpaired) electrons. The average Bonchev–Trinajstić information content (AvgIpc) is 2.48. The van der Waals surface area contributed by atoms with Crippen LogP contribution in [0.2, 0.25) is 0 Å². The number of hydrogen-bond acceptors (Lipinski definition) is 2. The maximum absolute atomic E-state index is 11.3. The maximum Gasteiger partial charge on any atom is 0.161 e. The molecule has 0 N–H and O–H groups in total. The minimum atomic E-state index is 0.146. The zero-order chi connectivity index (χ0) is 9.42. The Kier molecular flexibility index (Phi) is 1.93. The lowest BCUT2D eigenvalue weighted by atomic mass is 10.1. The molecule has 0 bridgehead atoms. The van der Waals surface area contributed by atoms with Crippen LogP contribution >= 0.6 is 11.3 Å². The van der Waals surface area contributed by atoms with Crippen LogP contribution in [0.4, 0.5) is 0 Å². The summed E-state index contributed by atoms with van der Waals surface area (Å²) in [4.78, 5) is 11.3. The number of benzene rings is 1. The molecule has 1 nitrogen and oxygen atoms in total. The van der Waals surface area contributed by atoms with Crippen molar-refractivity contribution in [2.24, 2.45) is 0 Å². The Labute approximate surface area is 81.0 Å². The van der Waals surface area contributed by atoms with E-state index in [1.54, 1.807) is 18.3 Å². The first-order chi connectivity index (χ1) is 6.20. The van der Waals surface area contributed by atoms with Crippen LogP contribution in [0.5, 0.6) is 0 Å². The Balaban J connectivity index is 2.84. The molecule has 1 aromatic heterocycles. The lowest BCUT2D eigenvalue weighted by Gasteiger charge is -1.97.